The van der Waals surface area contributed by atoms with Gasteiger partial charge in [0.1, 0.15) is 5.75 Å². The monoisotopic (exact) mass is 233 g/mol. The van der Waals surface area contributed by atoms with Crippen molar-refractivity contribution in [1.29, 1.82) is 0 Å². The van der Waals surface area contributed by atoms with Gasteiger partial charge >= 0.3 is 0 Å². The molecule has 0 N–H and O–H groups in total. The molecule has 1 aromatic rings. The van der Waals surface area contributed by atoms with E-state index >= 15 is 0 Å². The van der Waals surface area contributed by atoms with Gasteiger partial charge in [-0.1, -0.05) is 18.2 Å². The highest BCUT2D eigenvalue weighted by Crippen LogP contribution is 2.16. The van der Waals surface area contributed by atoms with Gasteiger partial charge in [-0.15, -0.1) is 0 Å². The summed E-state index contributed by atoms with van der Waals surface area (Å²) in [5.41, 5.74) is 1.11. The van der Waals surface area contributed by atoms with Crippen LogP contribution < -0.4 is 4.74 Å². The molecule has 0 aromatic heterocycles. The first kappa shape index (κ1) is 12.0. The van der Waals surface area contributed by atoms with Gasteiger partial charge in [-0.25, -0.2) is 0 Å². The van der Waals surface area contributed by atoms with Gasteiger partial charge in [0.2, 0.25) is 5.91 Å². The Morgan fingerprint density at radius 3 is 2.71 bits per heavy atom. The first-order chi connectivity index (χ1) is 8.27. The molecule has 0 saturated carbocycles. The fourth-order valence-electron chi connectivity index (χ4n) is 2.09. The van der Waals surface area contributed by atoms with Gasteiger partial charge in [-0.2, -0.15) is 0 Å². The van der Waals surface area contributed by atoms with Crippen LogP contribution in [0.25, 0.3) is 0 Å². The van der Waals surface area contributed by atoms with Crippen LogP contribution in [0, 0.1) is 6.92 Å². The molecule has 0 aliphatic carbocycles. The molecule has 1 amide bonds. The summed E-state index contributed by atoms with van der Waals surface area (Å²) in [7, 11) is 0. The lowest BCUT2D eigenvalue weighted by atomic mass is 10.2. The van der Waals surface area contributed by atoms with E-state index in [9.17, 15) is 4.79 Å². The second-order valence-electron chi connectivity index (χ2n) is 4.45. The minimum Gasteiger partial charge on any atom is -0.493 e. The Kier molecular flexibility index (Phi) is 4.02. The molecule has 0 atom stereocenters. The molecule has 2 rings (SSSR count). The van der Waals surface area contributed by atoms with Crippen molar-refractivity contribution in [3.63, 3.8) is 0 Å². The Hall–Kier alpha value is -1.51. The third kappa shape index (κ3) is 3.22. The Morgan fingerprint density at radius 1 is 1.29 bits per heavy atom. The van der Waals surface area contributed by atoms with Crippen molar-refractivity contribution in [2.45, 2.75) is 26.2 Å². The molecular formula is C14H19NO2. The zero-order chi connectivity index (χ0) is 12.1. The highest BCUT2D eigenvalue weighted by molar-refractivity contribution is 5.76. The van der Waals surface area contributed by atoms with Crippen LogP contribution in [0.1, 0.15) is 24.8 Å². The van der Waals surface area contributed by atoms with Crippen molar-refractivity contribution in [2.75, 3.05) is 19.7 Å². The van der Waals surface area contributed by atoms with E-state index in [2.05, 4.69) is 0 Å². The van der Waals surface area contributed by atoms with E-state index in [1.165, 1.54) is 0 Å². The van der Waals surface area contributed by atoms with Crippen LogP contribution in [0.5, 0.6) is 5.75 Å². The lowest BCUT2D eigenvalue weighted by Gasteiger charge is -2.15. The quantitative estimate of drug-likeness (QED) is 0.799. The van der Waals surface area contributed by atoms with Crippen LogP contribution in [0.2, 0.25) is 0 Å². The van der Waals surface area contributed by atoms with Crippen molar-refractivity contribution < 1.29 is 9.53 Å². The molecule has 17 heavy (non-hydrogen) atoms. The molecule has 0 radical (unpaired) electrons. The molecule has 0 spiro atoms. The van der Waals surface area contributed by atoms with Crippen LogP contribution in [-0.4, -0.2) is 30.5 Å². The van der Waals surface area contributed by atoms with Crippen LogP contribution >= 0.6 is 0 Å². The lowest BCUT2D eigenvalue weighted by molar-refractivity contribution is -0.130. The minimum absolute atomic E-state index is 0.219. The summed E-state index contributed by atoms with van der Waals surface area (Å²) in [5.74, 6) is 1.10. The van der Waals surface area contributed by atoms with Crippen LogP contribution in [0.4, 0.5) is 0 Å². The average molecular weight is 233 g/mol. The average Bonchev–Trinajstić information content (AvgIpc) is 2.85. The third-order valence-corrected chi connectivity index (χ3v) is 3.13. The number of para-hydroxylation sites is 1. The van der Waals surface area contributed by atoms with Crippen molar-refractivity contribution in [3.05, 3.63) is 29.8 Å². The van der Waals surface area contributed by atoms with Crippen molar-refractivity contribution in [3.8, 4) is 5.75 Å². The van der Waals surface area contributed by atoms with Gasteiger partial charge in [0.25, 0.3) is 0 Å². The second-order valence-corrected chi connectivity index (χ2v) is 4.45. The minimum atomic E-state index is 0.219. The molecule has 3 heteroatoms. The van der Waals surface area contributed by atoms with E-state index in [0.29, 0.717) is 13.0 Å². The summed E-state index contributed by atoms with van der Waals surface area (Å²) in [6, 6.07) is 7.88. The third-order valence-electron chi connectivity index (χ3n) is 3.13. The molecule has 1 fully saturated rings. The number of amides is 1. The number of benzene rings is 1. The molecule has 1 aliphatic heterocycles. The van der Waals surface area contributed by atoms with E-state index in [-0.39, 0.29) is 5.91 Å². The molecule has 92 valence electrons. The zero-order valence-corrected chi connectivity index (χ0v) is 10.3. The van der Waals surface area contributed by atoms with Crippen LogP contribution in [0.15, 0.2) is 24.3 Å². The summed E-state index contributed by atoms with van der Waals surface area (Å²) in [4.78, 5) is 13.7. The van der Waals surface area contributed by atoms with E-state index in [4.69, 9.17) is 4.74 Å². The predicted octanol–water partition coefficient (Wildman–Crippen LogP) is 2.39. The van der Waals surface area contributed by atoms with Gasteiger partial charge in [-0.05, 0) is 31.4 Å². The molecule has 1 saturated heterocycles. The molecular weight excluding hydrogens is 214 g/mol. The van der Waals surface area contributed by atoms with E-state index in [1.807, 2.05) is 36.1 Å². The lowest BCUT2D eigenvalue weighted by Crippen LogP contribution is -2.28. The number of hydrogen-bond donors (Lipinski definition) is 0. The SMILES string of the molecule is Cc1ccccc1OCCC(=O)N1CCCC1. The first-order valence-electron chi connectivity index (χ1n) is 6.23. The van der Waals surface area contributed by atoms with E-state index in [0.717, 1.165) is 37.2 Å². The summed E-state index contributed by atoms with van der Waals surface area (Å²) >= 11 is 0. The Morgan fingerprint density at radius 2 is 2.00 bits per heavy atom. The number of likely N-dealkylation sites (tertiary alicyclic amines) is 1. The van der Waals surface area contributed by atoms with Crippen molar-refractivity contribution >= 4 is 5.91 Å². The zero-order valence-electron chi connectivity index (χ0n) is 10.3. The van der Waals surface area contributed by atoms with Gasteiger partial charge < -0.3 is 9.64 Å². The maximum Gasteiger partial charge on any atom is 0.225 e. The number of carbonyl (C=O) groups excluding carboxylic acids is 1. The number of aryl methyl sites for hydroxylation is 1. The van der Waals surface area contributed by atoms with Crippen LogP contribution in [0.3, 0.4) is 0 Å². The van der Waals surface area contributed by atoms with Gasteiger partial charge in [0.05, 0.1) is 13.0 Å². The summed E-state index contributed by atoms with van der Waals surface area (Å²) in [6.45, 7) is 4.32. The van der Waals surface area contributed by atoms with Crippen LogP contribution in [-0.2, 0) is 4.79 Å². The largest absolute Gasteiger partial charge is 0.493 e. The summed E-state index contributed by atoms with van der Waals surface area (Å²) < 4.78 is 5.62. The fraction of sp³-hybridized carbons (Fsp3) is 0.500. The van der Waals surface area contributed by atoms with E-state index < -0.39 is 0 Å². The Labute approximate surface area is 102 Å². The highest BCUT2D eigenvalue weighted by atomic mass is 16.5. The number of carbonyl (C=O) groups is 1. The molecule has 0 bridgehead atoms. The molecule has 3 nitrogen and oxygen atoms in total. The van der Waals surface area contributed by atoms with Crippen molar-refractivity contribution in [1.82, 2.24) is 4.90 Å². The topological polar surface area (TPSA) is 29.5 Å². The predicted molar refractivity (Wildman–Crippen MR) is 67.1 cm³/mol. The Bertz CT molecular complexity index is 384. The number of rotatable bonds is 4. The smallest absolute Gasteiger partial charge is 0.225 e. The molecule has 1 aromatic carbocycles. The van der Waals surface area contributed by atoms with Gasteiger partial charge in [0, 0.05) is 13.1 Å². The number of nitrogens with zero attached hydrogens (tertiary/aromatic N) is 1. The normalized spacial score (nSPS) is 15.0. The van der Waals surface area contributed by atoms with Crippen molar-refractivity contribution in [2.24, 2.45) is 0 Å². The number of hydrogen-bond acceptors (Lipinski definition) is 2. The molecule has 1 heterocycles. The fourth-order valence-corrected chi connectivity index (χ4v) is 2.09. The van der Waals surface area contributed by atoms with Gasteiger partial charge in [-0.3, -0.25) is 4.79 Å². The van der Waals surface area contributed by atoms with Gasteiger partial charge in [0.15, 0.2) is 0 Å². The molecule has 1 aliphatic rings. The van der Waals surface area contributed by atoms with E-state index in [1.54, 1.807) is 0 Å². The summed E-state index contributed by atoms with van der Waals surface area (Å²) in [6.07, 6.45) is 2.77. The standard InChI is InChI=1S/C14H19NO2/c1-12-6-2-3-7-13(12)17-11-8-14(16)15-9-4-5-10-15/h2-3,6-7H,4-5,8-11H2,1H3. The summed E-state index contributed by atoms with van der Waals surface area (Å²) in [5, 5.41) is 0. The second kappa shape index (κ2) is 5.71. The highest BCUT2D eigenvalue weighted by Gasteiger charge is 2.17. The number of ether oxygens (including phenoxy) is 1. The molecule has 0 unspecified atom stereocenters. The maximum absolute atomic E-state index is 11.8. The maximum atomic E-state index is 11.8. The first-order valence-corrected chi connectivity index (χ1v) is 6.23. The Balaban J connectivity index is 1.76.